The Morgan fingerprint density at radius 1 is 1.09 bits per heavy atom. The smallest absolute Gasteiger partial charge is 0.211 e. The standard InChI is InChI=1S/C19H18ClNO/c1-18(2)15-12-14(20)8-9-16(15)21(3)19(18)11-10-13-6-4-5-7-17(13)22-19/h4-12H,1-3H3. The molecule has 2 aliphatic heterocycles. The number of halogens is 1. The van der Waals surface area contributed by atoms with Gasteiger partial charge in [0.05, 0.1) is 5.41 Å². The lowest BCUT2D eigenvalue weighted by atomic mass is 9.76. The number of benzene rings is 2. The predicted molar refractivity (Wildman–Crippen MR) is 91.7 cm³/mol. The Bertz CT molecular complexity index is 796. The molecule has 0 amide bonds. The van der Waals surface area contributed by atoms with Gasteiger partial charge in [-0.1, -0.05) is 29.8 Å². The molecule has 3 heteroatoms. The Kier molecular flexibility index (Phi) is 2.68. The summed E-state index contributed by atoms with van der Waals surface area (Å²) in [7, 11) is 2.08. The fourth-order valence-electron chi connectivity index (χ4n) is 3.72. The Balaban J connectivity index is 1.91. The summed E-state index contributed by atoms with van der Waals surface area (Å²) in [6.07, 6.45) is 4.33. The lowest BCUT2D eigenvalue weighted by Gasteiger charge is -2.45. The first-order valence-electron chi connectivity index (χ1n) is 7.47. The van der Waals surface area contributed by atoms with Crippen molar-refractivity contribution in [3.05, 3.63) is 64.7 Å². The molecule has 0 radical (unpaired) electrons. The fraction of sp³-hybridized carbons (Fsp3) is 0.263. The van der Waals surface area contributed by atoms with Crippen LogP contribution in [0.5, 0.6) is 5.75 Å². The molecule has 2 nitrogen and oxygen atoms in total. The summed E-state index contributed by atoms with van der Waals surface area (Å²) in [4.78, 5) is 2.21. The Hall–Kier alpha value is -1.93. The third kappa shape index (κ3) is 1.56. The van der Waals surface area contributed by atoms with Crippen LogP contribution in [0.3, 0.4) is 0 Å². The van der Waals surface area contributed by atoms with Crippen LogP contribution in [-0.2, 0) is 5.41 Å². The zero-order valence-corrected chi connectivity index (χ0v) is 13.7. The van der Waals surface area contributed by atoms with Crippen LogP contribution in [0.25, 0.3) is 6.08 Å². The number of anilines is 1. The van der Waals surface area contributed by atoms with Gasteiger partial charge in [-0.15, -0.1) is 0 Å². The van der Waals surface area contributed by atoms with Gasteiger partial charge in [0, 0.05) is 23.3 Å². The minimum Gasteiger partial charge on any atom is -0.463 e. The highest BCUT2D eigenvalue weighted by atomic mass is 35.5. The van der Waals surface area contributed by atoms with Crippen molar-refractivity contribution in [1.29, 1.82) is 0 Å². The van der Waals surface area contributed by atoms with Crippen molar-refractivity contribution in [2.24, 2.45) is 0 Å². The van der Waals surface area contributed by atoms with E-state index in [1.807, 2.05) is 24.3 Å². The fourth-order valence-corrected chi connectivity index (χ4v) is 3.90. The summed E-state index contributed by atoms with van der Waals surface area (Å²) in [5.41, 5.74) is 2.75. The van der Waals surface area contributed by atoms with Gasteiger partial charge in [-0.3, -0.25) is 0 Å². The van der Waals surface area contributed by atoms with Crippen molar-refractivity contribution < 1.29 is 4.74 Å². The van der Waals surface area contributed by atoms with Crippen LogP contribution < -0.4 is 9.64 Å². The molecule has 0 fully saturated rings. The third-order valence-electron chi connectivity index (χ3n) is 5.06. The lowest BCUT2D eigenvalue weighted by Crippen LogP contribution is -2.58. The maximum Gasteiger partial charge on any atom is 0.211 e. The van der Waals surface area contributed by atoms with Crippen molar-refractivity contribution in [2.75, 3.05) is 11.9 Å². The molecule has 1 atom stereocenters. The van der Waals surface area contributed by atoms with Crippen LogP contribution in [0, 0.1) is 0 Å². The topological polar surface area (TPSA) is 12.5 Å². The molecule has 2 aromatic rings. The SMILES string of the molecule is CN1c2ccc(Cl)cc2C(C)(C)C12C=Cc1ccccc1O2. The van der Waals surface area contributed by atoms with E-state index in [9.17, 15) is 0 Å². The average Bonchev–Trinajstić information content (AvgIpc) is 2.67. The lowest BCUT2D eigenvalue weighted by molar-refractivity contribution is 0.0582. The van der Waals surface area contributed by atoms with Gasteiger partial charge in [0.1, 0.15) is 5.75 Å². The Morgan fingerprint density at radius 3 is 2.68 bits per heavy atom. The van der Waals surface area contributed by atoms with Crippen molar-refractivity contribution >= 4 is 23.4 Å². The normalized spacial score (nSPS) is 24.1. The van der Waals surface area contributed by atoms with E-state index in [1.165, 1.54) is 11.3 Å². The van der Waals surface area contributed by atoms with Crippen LogP contribution in [-0.4, -0.2) is 12.8 Å². The molecular formula is C19H18ClNO. The van der Waals surface area contributed by atoms with Crippen molar-refractivity contribution in [2.45, 2.75) is 25.0 Å². The van der Waals surface area contributed by atoms with Gasteiger partial charge in [-0.05, 0) is 55.8 Å². The second-order valence-corrected chi connectivity index (χ2v) is 6.95. The van der Waals surface area contributed by atoms with Gasteiger partial charge in [0.15, 0.2) is 0 Å². The Labute approximate surface area is 136 Å². The largest absolute Gasteiger partial charge is 0.463 e. The van der Waals surface area contributed by atoms with E-state index in [2.05, 4.69) is 56.1 Å². The average molecular weight is 312 g/mol. The molecule has 4 rings (SSSR count). The van der Waals surface area contributed by atoms with Gasteiger partial charge in [0.2, 0.25) is 5.72 Å². The number of hydrogen-bond acceptors (Lipinski definition) is 2. The van der Waals surface area contributed by atoms with Gasteiger partial charge in [-0.2, -0.15) is 0 Å². The first-order chi connectivity index (χ1) is 10.5. The molecule has 0 saturated heterocycles. The van der Waals surface area contributed by atoms with Crippen molar-refractivity contribution in [3.8, 4) is 5.75 Å². The molecule has 2 aromatic carbocycles. The van der Waals surface area contributed by atoms with E-state index >= 15 is 0 Å². The number of hydrogen-bond donors (Lipinski definition) is 0. The molecule has 0 aromatic heterocycles. The van der Waals surface area contributed by atoms with Gasteiger partial charge >= 0.3 is 0 Å². The highest BCUT2D eigenvalue weighted by molar-refractivity contribution is 6.30. The molecule has 0 N–H and O–H groups in total. The minimum absolute atomic E-state index is 0.216. The van der Waals surface area contributed by atoms with Crippen molar-refractivity contribution in [1.82, 2.24) is 0 Å². The van der Waals surface area contributed by atoms with E-state index < -0.39 is 5.72 Å². The molecule has 0 saturated carbocycles. The molecular weight excluding hydrogens is 294 g/mol. The Morgan fingerprint density at radius 2 is 1.86 bits per heavy atom. The van der Waals surface area contributed by atoms with Crippen LogP contribution >= 0.6 is 11.6 Å². The number of rotatable bonds is 0. The maximum atomic E-state index is 6.53. The monoisotopic (exact) mass is 311 g/mol. The summed E-state index contributed by atoms with van der Waals surface area (Å²) >= 11 is 6.23. The van der Waals surface area contributed by atoms with Crippen LogP contribution in [0.4, 0.5) is 5.69 Å². The molecule has 1 unspecified atom stereocenters. The first-order valence-corrected chi connectivity index (χ1v) is 7.85. The highest BCUT2D eigenvalue weighted by Crippen LogP contribution is 2.54. The molecule has 2 heterocycles. The quantitative estimate of drug-likeness (QED) is 0.688. The van der Waals surface area contributed by atoms with E-state index in [1.54, 1.807) is 0 Å². The van der Waals surface area contributed by atoms with Gasteiger partial charge < -0.3 is 9.64 Å². The second-order valence-electron chi connectivity index (χ2n) is 6.52. The summed E-state index contributed by atoms with van der Waals surface area (Å²) in [5, 5.41) is 0.762. The van der Waals surface area contributed by atoms with E-state index in [-0.39, 0.29) is 5.41 Å². The molecule has 0 aliphatic carbocycles. The molecule has 112 valence electrons. The molecule has 22 heavy (non-hydrogen) atoms. The van der Waals surface area contributed by atoms with Crippen LogP contribution in [0.15, 0.2) is 48.5 Å². The molecule has 2 aliphatic rings. The maximum absolute atomic E-state index is 6.53. The number of fused-ring (bicyclic) bond motifs is 2. The minimum atomic E-state index is -0.533. The second kappa shape index (κ2) is 4.30. The molecule has 0 bridgehead atoms. The summed E-state index contributed by atoms with van der Waals surface area (Å²) in [6.45, 7) is 4.42. The third-order valence-corrected chi connectivity index (χ3v) is 5.30. The van der Waals surface area contributed by atoms with E-state index in [0.29, 0.717) is 0 Å². The van der Waals surface area contributed by atoms with E-state index in [0.717, 1.165) is 16.3 Å². The van der Waals surface area contributed by atoms with Gasteiger partial charge in [0.25, 0.3) is 0 Å². The first kappa shape index (κ1) is 13.7. The zero-order chi connectivity index (χ0) is 15.5. The zero-order valence-electron chi connectivity index (χ0n) is 12.9. The van der Waals surface area contributed by atoms with Gasteiger partial charge in [-0.25, -0.2) is 0 Å². The summed E-state index contributed by atoms with van der Waals surface area (Å²) in [6, 6.07) is 14.2. The number of likely N-dealkylation sites (N-methyl/N-ethyl adjacent to an activating group) is 1. The highest BCUT2D eigenvalue weighted by Gasteiger charge is 2.57. The summed E-state index contributed by atoms with van der Waals surface area (Å²) < 4.78 is 6.53. The molecule has 1 spiro atoms. The summed E-state index contributed by atoms with van der Waals surface area (Å²) in [5.74, 6) is 0.920. The predicted octanol–water partition coefficient (Wildman–Crippen LogP) is 4.87. The van der Waals surface area contributed by atoms with Crippen LogP contribution in [0.2, 0.25) is 5.02 Å². The van der Waals surface area contributed by atoms with Crippen molar-refractivity contribution in [3.63, 3.8) is 0 Å². The number of nitrogens with zero attached hydrogens (tertiary/aromatic N) is 1. The number of para-hydroxylation sites is 1. The van der Waals surface area contributed by atoms with Crippen LogP contribution in [0.1, 0.15) is 25.0 Å². The van der Waals surface area contributed by atoms with E-state index in [4.69, 9.17) is 16.3 Å². The number of ether oxygens (including phenoxy) is 1.